The van der Waals surface area contributed by atoms with Gasteiger partial charge < -0.3 is 40.8 Å². The van der Waals surface area contributed by atoms with E-state index >= 15 is 0 Å². The minimum atomic E-state index is -0.00428. The number of aliphatic hydroxyl groups excluding tert-OH is 2. The van der Waals surface area contributed by atoms with Crippen LogP contribution in [0, 0.1) is 13.8 Å². The van der Waals surface area contributed by atoms with Gasteiger partial charge in [0.1, 0.15) is 0 Å². The van der Waals surface area contributed by atoms with Crippen molar-refractivity contribution in [3.63, 3.8) is 0 Å². The Balaban J connectivity index is 2.01. The molecule has 0 saturated carbocycles. The predicted molar refractivity (Wildman–Crippen MR) is 132 cm³/mol. The van der Waals surface area contributed by atoms with E-state index in [1.165, 1.54) is 11.3 Å². The summed E-state index contributed by atoms with van der Waals surface area (Å²) in [4.78, 5) is 2.15. The Labute approximate surface area is 198 Å². The molecule has 1 aromatic heterocycles. The number of anilines is 3. The molecule has 0 spiro atoms. The number of nitrogens with zero attached hydrogens (tertiary/aromatic N) is 3. The van der Waals surface area contributed by atoms with E-state index in [-0.39, 0.29) is 13.2 Å². The lowest BCUT2D eigenvalue weighted by molar-refractivity contribution is 0.0347. The number of hydrogen-bond acceptors (Lipinski definition) is 11. The van der Waals surface area contributed by atoms with Crippen LogP contribution in [0.2, 0.25) is 0 Å². The number of thiophene rings is 1. The maximum absolute atomic E-state index is 8.92. The first-order valence-electron chi connectivity index (χ1n) is 10.8. The van der Waals surface area contributed by atoms with E-state index in [1.54, 1.807) is 0 Å². The molecule has 0 fully saturated rings. The number of nitrogens with two attached hydrogens (primary N) is 2. The lowest BCUT2D eigenvalue weighted by atomic mass is 10.1. The highest BCUT2D eigenvalue weighted by Crippen LogP contribution is 2.40. The molecular formula is C22H35N5O5S. The van der Waals surface area contributed by atoms with Crippen molar-refractivity contribution in [1.82, 2.24) is 0 Å². The summed E-state index contributed by atoms with van der Waals surface area (Å²) in [7, 11) is 0. The zero-order chi connectivity index (χ0) is 24.1. The van der Waals surface area contributed by atoms with Crippen LogP contribution in [0.3, 0.4) is 0 Å². The van der Waals surface area contributed by atoms with E-state index in [2.05, 4.69) is 15.1 Å². The molecule has 10 nitrogen and oxygen atoms in total. The smallest absolute Gasteiger partial charge is 0.164 e. The third-order valence-electron chi connectivity index (χ3n) is 4.86. The van der Waals surface area contributed by atoms with E-state index < -0.39 is 0 Å². The molecule has 0 aliphatic rings. The maximum Gasteiger partial charge on any atom is 0.164 e. The van der Waals surface area contributed by atoms with E-state index in [9.17, 15) is 0 Å². The molecule has 1 heterocycles. The minimum absolute atomic E-state index is 0.00428. The van der Waals surface area contributed by atoms with Gasteiger partial charge in [-0.05, 0) is 37.6 Å². The first-order valence-corrected chi connectivity index (χ1v) is 11.7. The standard InChI is InChI=1S/C22H35N5O5S/c1-16-15-18(3-4-19(16)25-26-22-20(23)17(2)21(24)33-22)27(5-9-30-11-7-28)6-10-31-13-14-32-12-8-29/h3-4,15,28-29H,5-14,23-24H2,1-2H3/b26-25+. The molecule has 0 saturated heterocycles. The zero-order valence-corrected chi connectivity index (χ0v) is 20.1. The van der Waals surface area contributed by atoms with Crippen LogP contribution in [0.15, 0.2) is 28.4 Å². The topological polar surface area (TPSA) is 148 Å². The van der Waals surface area contributed by atoms with Crippen LogP contribution in [0.25, 0.3) is 0 Å². The Bertz CT molecular complexity index is 877. The number of hydrogen-bond donors (Lipinski definition) is 4. The molecule has 0 aliphatic heterocycles. The summed E-state index contributed by atoms with van der Waals surface area (Å²) in [6, 6.07) is 5.94. The molecule has 184 valence electrons. The van der Waals surface area contributed by atoms with Crippen LogP contribution >= 0.6 is 11.3 Å². The van der Waals surface area contributed by atoms with Gasteiger partial charge in [-0.25, -0.2) is 0 Å². The van der Waals surface area contributed by atoms with Gasteiger partial charge in [-0.15, -0.1) is 10.2 Å². The maximum atomic E-state index is 8.92. The van der Waals surface area contributed by atoms with Gasteiger partial charge >= 0.3 is 0 Å². The largest absolute Gasteiger partial charge is 0.396 e. The molecule has 33 heavy (non-hydrogen) atoms. The van der Waals surface area contributed by atoms with E-state index in [1.807, 2.05) is 32.0 Å². The summed E-state index contributed by atoms with van der Waals surface area (Å²) in [5, 5.41) is 27.6. The number of azo groups is 1. The highest BCUT2D eigenvalue weighted by atomic mass is 32.1. The summed E-state index contributed by atoms with van der Waals surface area (Å²) in [5.74, 6) is 0. The van der Waals surface area contributed by atoms with Crippen LogP contribution in [0.4, 0.5) is 27.1 Å². The molecule has 6 N–H and O–H groups in total. The molecule has 0 atom stereocenters. The van der Waals surface area contributed by atoms with Crippen LogP contribution < -0.4 is 16.4 Å². The van der Waals surface area contributed by atoms with Gasteiger partial charge in [0.2, 0.25) is 0 Å². The van der Waals surface area contributed by atoms with Crippen molar-refractivity contribution in [1.29, 1.82) is 0 Å². The van der Waals surface area contributed by atoms with Crippen molar-refractivity contribution >= 4 is 38.4 Å². The number of aliphatic hydroxyl groups is 2. The fraction of sp³-hybridized carbons (Fsp3) is 0.545. The number of aryl methyl sites for hydroxylation is 1. The fourth-order valence-corrected chi connectivity index (χ4v) is 3.74. The molecule has 0 unspecified atom stereocenters. The van der Waals surface area contributed by atoms with Crippen molar-refractivity contribution in [2.45, 2.75) is 13.8 Å². The average molecular weight is 482 g/mol. The van der Waals surface area contributed by atoms with E-state index in [0.29, 0.717) is 68.4 Å². The average Bonchev–Trinajstić information content (AvgIpc) is 3.05. The van der Waals surface area contributed by atoms with Gasteiger partial charge in [0.25, 0.3) is 0 Å². The van der Waals surface area contributed by atoms with Gasteiger partial charge in [0.15, 0.2) is 5.00 Å². The Morgan fingerprint density at radius 2 is 1.48 bits per heavy atom. The molecule has 1 aromatic carbocycles. The summed E-state index contributed by atoms with van der Waals surface area (Å²) < 4.78 is 16.3. The van der Waals surface area contributed by atoms with Crippen LogP contribution in [-0.4, -0.2) is 76.2 Å². The molecule has 11 heteroatoms. The van der Waals surface area contributed by atoms with E-state index in [0.717, 1.165) is 22.5 Å². The zero-order valence-electron chi connectivity index (χ0n) is 19.3. The van der Waals surface area contributed by atoms with Crippen LogP contribution in [-0.2, 0) is 14.2 Å². The first-order chi connectivity index (χ1) is 16.0. The third kappa shape index (κ3) is 8.88. The van der Waals surface area contributed by atoms with Crippen molar-refractivity contribution < 1.29 is 24.4 Å². The number of ether oxygens (including phenoxy) is 3. The molecular weight excluding hydrogens is 446 g/mol. The normalized spacial score (nSPS) is 11.5. The Kier molecular flexibility index (Phi) is 12.1. The van der Waals surface area contributed by atoms with Gasteiger partial charge in [0, 0.05) is 24.3 Å². The second-order valence-electron chi connectivity index (χ2n) is 7.25. The quantitative estimate of drug-likeness (QED) is 0.211. The van der Waals surface area contributed by atoms with Crippen LogP contribution in [0.1, 0.15) is 11.1 Å². The molecule has 0 aliphatic carbocycles. The lowest BCUT2D eigenvalue weighted by Gasteiger charge is -2.25. The number of benzene rings is 1. The molecule has 2 rings (SSSR count). The van der Waals surface area contributed by atoms with Crippen molar-refractivity contribution in [2.75, 3.05) is 82.3 Å². The second kappa shape index (κ2) is 14.8. The first kappa shape index (κ1) is 27.0. The lowest BCUT2D eigenvalue weighted by Crippen LogP contribution is -2.31. The monoisotopic (exact) mass is 481 g/mol. The van der Waals surface area contributed by atoms with Gasteiger partial charge in [0.05, 0.1) is 69.2 Å². The minimum Gasteiger partial charge on any atom is -0.396 e. The molecule has 0 bridgehead atoms. The van der Waals surface area contributed by atoms with E-state index in [4.69, 9.17) is 35.9 Å². The Hall–Kier alpha value is -2.28. The molecule has 2 aromatic rings. The van der Waals surface area contributed by atoms with Gasteiger partial charge in [-0.2, -0.15) is 0 Å². The fourth-order valence-electron chi connectivity index (χ4n) is 2.92. The van der Waals surface area contributed by atoms with Crippen molar-refractivity contribution in [3.05, 3.63) is 29.3 Å². The second-order valence-corrected chi connectivity index (χ2v) is 8.28. The van der Waals surface area contributed by atoms with Gasteiger partial charge in [-0.3, -0.25) is 0 Å². The Morgan fingerprint density at radius 1 is 0.879 bits per heavy atom. The molecule has 0 amide bonds. The number of nitrogen functional groups attached to an aromatic ring is 2. The third-order valence-corrected chi connectivity index (χ3v) is 5.88. The van der Waals surface area contributed by atoms with Crippen molar-refractivity contribution in [3.8, 4) is 0 Å². The van der Waals surface area contributed by atoms with Crippen LogP contribution in [0.5, 0.6) is 0 Å². The number of rotatable bonds is 16. The highest BCUT2D eigenvalue weighted by molar-refractivity contribution is 7.20. The SMILES string of the molecule is Cc1cc(N(CCOCCO)CCOCCOCCO)ccc1/N=N/c1sc(N)c(C)c1N. The van der Waals surface area contributed by atoms with Gasteiger partial charge in [-0.1, -0.05) is 11.3 Å². The summed E-state index contributed by atoms with van der Waals surface area (Å²) in [6.45, 7) is 7.67. The summed E-state index contributed by atoms with van der Waals surface area (Å²) in [5.41, 5.74) is 16.1. The van der Waals surface area contributed by atoms with Crippen molar-refractivity contribution in [2.24, 2.45) is 10.2 Å². The predicted octanol–water partition coefficient (Wildman–Crippen LogP) is 2.79. The summed E-state index contributed by atoms with van der Waals surface area (Å²) in [6.07, 6.45) is 0. The summed E-state index contributed by atoms with van der Waals surface area (Å²) >= 11 is 1.32. The highest BCUT2D eigenvalue weighted by Gasteiger charge is 2.11. The molecule has 0 radical (unpaired) electrons. The Morgan fingerprint density at radius 3 is 2.03 bits per heavy atom.